The second-order valence-electron chi connectivity index (χ2n) is 9.40. The molecule has 0 aliphatic heterocycles. The minimum absolute atomic E-state index is 0.0867. The second kappa shape index (κ2) is 10.7. The highest BCUT2D eigenvalue weighted by atomic mass is 32.1. The Morgan fingerprint density at radius 2 is 1.92 bits per heavy atom. The fraction of sp³-hybridized carbons (Fsp3) is 0.286. The average Bonchev–Trinajstić information content (AvgIpc) is 3.55. The van der Waals surface area contributed by atoms with Crippen LogP contribution in [0.15, 0.2) is 64.8 Å². The molecule has 3 aromatic heterocycles. The number of thiophene rings is 1. The molecule has 0 fully saturated rings. The number of benzene rings is 2. The van der Waals surface area contributed by atoms with Gasteiger partial charge >= 0.3 is 0 Å². The molecule has 37 heavy (non-hydrogen) atoms. The molecule has 7 nitrogen and oxygen atoms in total. The topological polar surface area (TPSA) is 79.7 Å². The Balaban J connectivity index is 1.51. The van der Waals surface area contributed by atoms with Gasteiger partial charge in [-0.2, -0.15) is 0 Å². The Bertz CT molecular complexity index is 1560. The van der Waals surface area contributed by atoms with Crippen LogP contribution in [0.25, 0.3) is 10.9 Å². The smallest absolute Gasteiger partial charge is 0.252 e. The highest BCUT2D eigenvalue weighted by Gasteiger charge is 2.26. The van der Waals surface area contributed by atoms with Crippen LogP contribution in [0.4, 0.5) is 4.39 Å². The molecule has 1 N–H and O–H groups in total. The van der Waals surface area contributed by atoms with E-state index in [9.17, 15) is 9.18 Å². The summed E-state index contributed by atoms with van der Waals surface area (Å²) in [5, 5.41) is 15.7. The van der Waals surface area contributed by atoms with Gasteiger partial charge in [0, 0.05) is 23.5 Å². The molecule has 3 heterocycles. The number of aryl methyl sites for hydroxylation is 2. The molecular formula is C28H29FN6OS. The average molecular weight is 517 g/mol. The van der Waals surface area contributed by atoms with E-state index in [0.717, 1.165) is 34.0 Å². The number of fused-ring (bicyclic) bond motifs is 1. The van der Waals surface area contributed by atoms with Gasteiger partial charge in [0.15, 0.2) is 5.82 Å². The molecule has 0 saturated heterocycles. The first-order chi connectivity index (χ1) is 17.9. The van der Waals surface area contributed by atoms with Gasteiger partial charge in [-0.15, -0.1) is 16.4 Å². The van der Waals surface area contributed by atoms with Gasteiger partial charge in [-0.05, 0) is 82.9 Å². The summed E-state index contributed by atoms with van der Waals surface area (Å²) in [4.78, 5) is 19.7. The van der Waals surface area contributed by atoms with Crippen molar-refractivity contribution in [3.8, 4) is 0 Å². The lowest BCUT2D eigenvalue weighted by Gasteiger charge is -2.30. The summed E-state index contributed by atoms with van der Waals surface area (Å²) >= 11 is 1.68. The number of nitrogens with zero attached hydrogens (tertiary/aromatic N) is 5. The van der Waals surface area contributed by atoms with Crippen LogP contribution < -0.4 is 5.56 Å². The Hall–Kier alpha value is -3.69. The van der Waals surface area contributed by atoms with E-state index in [-0.39, 0.29) is 17.4 Å². The number of hydrogen-bond acceptors (Lipinski definition) is 6. The third kappa shape index (κ3) is 5.52. The molecule has 5 rings (SSSR count). The number of hydrogen-bond donors (Lipinski definition) is 1. The van der Waals surface area contributed by atoms with Gasteiger partial charge in [0.25, 0.3) is 5.56 Å². The van der Waals surface area contributed by atoms with E-state index >= 15 is 0 Å². The van der Waals surface area contributed by atoms with Crippen molar-refractivity contribution in [1.82, 2.24) is 30.1 Å². The van der Waals surface area contributed by atoms with Crippen molar-refractivity contribution in [2.75, 3.05) is 0 Å². The molecule has 5 aromatic rings. The lowest BCUT2D eigenvalue weighted by Crippen LogP contribution is -2.32. The summed E-state index contributed by atoms with van der Waals surface area (Å²) in [7, 11) is 0. The lowest BCUT2D eigenvalue weighted by molar-refractivity contribution is 0.163. The maximum Gasteiger partial charge on any atom is 0.252 e. The maximum atomic E-state index is 13.4. The highest BCUT2D eigenvalue weighted by molar-refractivity contribution is 7.09. The molecule has 0 bridgehead atoms. The molecule has 0 saturated carbocycles. The van der Waals surface area contributed by atoms with Gasteiger partial charge < -0.3 is 4.98 Å². The van der Waals surface area contributed by atoms with Crippen molar-refractivity contribution in [3.63, 3.8) is 0 Å². The predicted octanol–water partition coefficient (Wildman–Crippen LogP) is 5.53. The lowest BCUT2D eigenvalue weighted by atomic mass is 10.0. The first-order valence-corrected chi connectivity index (χ1v) is 13.2. The molecule has 2 aromatic carbocycles. The first-order valence-electron chi connectivity index (χ1n) is 12.3. The molecule has 0 amide bonds. The van der Waals surface area contributed by atoms with E-state index in [4.69, 9.17) is 0 Å². The third-order valence-electron chi connectivity index (χ3n) is 6.61. The Kier molecular flexibility index (Phi) is 7.25. The number of aromatic nitrogens is 5. The van der Waals surface area contributed by atoms with Gasteiger partial charge in [0.05, 0.1) is 18.1 Å². The maximum absolute atomic E-state index is 13.4. The fourth-order valence-electron chi connectivity index (χ4n) is 4.88. The van der Waals surface area contributed by atoms with E-state index in [1.54, 1.807) is 28.2 Å². The van der Waals surface area contributed by atoms with Gasteiger partial charge in [0.2, 0.25) is 0 Å². The Morgan fingerprint density at radius 1 is 1.11 bits per heavy atom. The molecule has 1 atom stereocenters. The summed E-state index contributed by atoms with van der Waals surface area (Å²) in [5.41, 5.74) is 4.61. The number of nitrogens with one attached hydrogen (secondary N) is 1. The molecule has 0 aliphatic rings. The number of rotatable bonds is 9. The van der Waals surface area contributed by atoms with Crippen LogP contribution in [-0.2, 0) is 19.6 Å². The quantitative estimate of drug-likeness (QED) is 0.279. The summed E-state index contributed by atoms with van der Waals surface area (Å²) in [5.74, 6) is 0.438. The van der Waals surface area contributed by atoms with Gasteiger partial charge in [-0.1, -0.05) is 36.8 Å². The number of pyridine rings is 1. The zero-order valence-corrected chi connectivity index (χ0v) is 21.9. The number of halogens is 1. The van der Waals surface area contributed by atoms with Crippen molar-refractivity contribution in [2.45, 2.75) is 52.9 Å². The monoisotopic (exact) mass is 516 g/mol. The van der Waals surface area contributed by atoms with E-state index in [2.05, 4.69) is 62.8 Å². The Labute approximate surface area is 218 Å². The fourth-order valence-corrected chi connectivity index (χ4v) is 5.61. The molecule has 0 spiro atoms. The van der Waals surface area contributed by atoms with Crippen molar-refractivity contribution in [1.29, 1.82) is 0 Å². The normalized spacial score (nSPS) is 12.5. The zero-order chi connectivity index (χ0) is 25.9. The summed E-state index contributed by atoms with van der Waals surface area (Å²) in [6.45, 7) is 7.71. The number of H-pyrrole nitrogens is 1. The summed E-state index contributed by atoms with van der Waals surface area (Å²) in [6, 6.07) is 16.5. The number of tetrazole rings is 1. The van der Waals surface area contributed by atoms with Gasteiger partial charge in [-0.3, -0.25) is 9.69 Å². The molecule has 0 radical (unpaired) electrons. The van der Waals surface area contributed by atoms with Crippen LogP contribution >= 0.6 is 11.3 Å². The first kappa shape index (κ1) is 25.0. The largest absolute Gasteiger partial charge is 0.321 e. The van der Waals surface area contributed by atoms with E-state index in [0.29, 0.717) is 31.0 Å². The molecule has 190 valence electrons. The summed E-state index contributed by atoms with van der Waals surface area (Å²) in [6.07, 6.45) is 0.749. The molecular weight excluding hydrogens is 487 g/mol. The van der Waals surface area contributed by atoms with Gasteiger partial charge in [-0.25, -0.2) is 9.07 Å². The van der Waals surface area contributed by atoms with Crippen LogP contribution in [-0.4, -0.2) is 30.1 Å². The highest BCUT2D eigenvalue weighted by Crippen LogP contribution is 2.28. The van der Waals surface area contributed by atoms with E-state index in [1.807, 2.05) is 19.1 Å². The Morgan fingerprint density at radius 3 is 2.65 bits per heavy atom. The van der Waals surface area contributed by atoms with E-state index in [1.165, 1.54) is 17.0 Å². The van der Waals surface area contributed by atoms with Crippen molar-refractivity contribution < 1.29 is 4.39 Å². The molecule has 9 heteroatoms. The second-order valence-corrected chi connectivity index (χ2v) is 10.4. The summed E-state index contributed by atoms with van der Waals surface area (Å²) < 4.78 is 15.2. The van der Waals surface area contributed by atoms with Crippen LogP contribution in [0.2, 0.25) is 0 Å². The van der Waals surface area contributed by atoms with Crippen molar-refractivity contribution in [3.05, 3.63) is 109 Å². The number of aromatic amines is 1. The molecule has 0 unspecified atom stereocenters. The van der Waals surface area contributed by atoms with Crippen LogP contribution in [0.1, 0.15) is 52.3 Å². The van der Waals surface area contributed by atoms with Crippen LogP contribution in [0.5, 0.6) is 0 Å². The van der Waals surface area contributed by atoms with E-state index < -0.39 is 0 Å². The van der Waals surface area contributed by atoms with Crippen molar-refractivity contribution in [2.24, 2.45) is 0 Å². The molecule has 0 aliphatic carbocycles. The van der Waals surface area contributed by atoms with Crippen LogP contribution in [0.3, 0.4) is 0 Å². The minimum atomic E-state index is -0.278. The SMILES string of the molecule is CC[C@H](c1nnnn1Cc1ccc(F)cc1)N(Cc1cccs1)Cc1cc2cc(C)cc(C)c2[nH]c1=O. The van der Waals surface area contributed by atoms with Crippen molar-refractivity contribution >= 4 is 22.2 Å². The standard InChI is InChI=1S/C28H29FN6OS/c1-4-25(27-31-32-33-35(27)15-20-7-9-23(29)10-8-20)34(17-24-6-5-11-37-24)16-22-14-21-13-18(2)12-19(3)26(21)30-28(22)36/h5-14,25H,4,15-17H2,1-3H3,(H,30,36)/t25-/m1/s1. The zero-order valence-electron chi connectivity index (χ0n) is 21.1. The third-order valence-corrected chi connectivity index (χ3v) is 7.47. The minimum Gasteiger partial charge on any atom is -0.321 e. The van der Waals surface area contributed by atoms with Gasteiger partial charge in [0.1, 0.15) is 5.82 Å². The predicted molar refractivity (Wildman–Crippen MR) is 144 cm³/mol. The van der Waals surface area contributed by atoms with Crippen LogP contribution in [0, 0.1) is 19.7 Å².